The van der Waals surface area contributed by atoms with Gasteiger partial charge in [-0.2, -0.15) is 0 Å². The number of hydrogen-bond donors (Lipinski definition) is 0. The number of benzene rings is 3. The molecular formula is C23H21NO5. The highest BCUT2D eigenvalue weighted by Crippen LogP contribution is 2.21. The summed E-state index contributed by atoms with van der Waals surface area (Å²) in [7, 11) is 0. The average Bonchev–Trinajstić information content (AvgIpc) is 2.78. The van der Waals surface area contributed by atoms with Crippen LogP contribution in [0.3, 0.4) is 0 Å². The Labute approximate surface area is 168 Å². The second kappa shape index (κ2) is 8.75. The van der Waals surface area contributed by atoms with E-state index in [-0.39, 0.29) is 12.5 Å². The maximum absolute atomic E-state index is 12.4. The highest BCUT2D eigenvalue weighted by Gasteiger charge is 2.18. The summed E-state index contributed by atoms with van der Waals surface area (Å²) in [5.41, 5.74) is 0.581. The fraction of sp³-hybridized carbons (Fsp3) is 0.217. The molecule has 148 valence electrons. The Morgan fingerprint density at radius 3 is 2.31 bits per heavy atom. The molecule has 1 fully saturated rings. The Morgan fingerprint density at radius 1 is 0.862 bits per heavy atom. The van der Waals surface area contributed by atoms with Crippen LogP contribution in [0.2, 0.25) is 0 Å². The van der Waals surface area contributed by atoms with E-state index in [1.807, 2.05) is 36.4 Å². The summed E-state index contributed by atoms with van der Waals surface area (Å²) < 4.78 is 16.1. The quantitative estimate of drug-likeness (QED) is 0.493. The van der Waals surface area contributed by atoms with Crippen molar-refractivity contribution in [1.29, 1.82) is 0 Å². The van der Waals surface area contributed by atoms with Crippen LogP contribution < -0.4 is 9.47 Å². The molecule has 4 rings (SSSR count). The fourth-order valence-electron chi connectivity index (χ4n) is 3.18. The molecule has 1 aliphatic heterocycles. The van der Waals surface area contributed by atoms with Gasteiger partial charge in [0.15, 0.2) is 6.61 Å². The van der Waals surface area contributed by atoms with Crippen LogP contribution in [0.25, 0.3) is 10.8 Å². The van der Waals surface area contributed by atoms with Gasteiger partial charge >= 0.3 is 5.97 Å². The second-order valence-electron chi connectivity index (χ2n) is 6.70. The first-order chi connectivity index (χ1) is 14.2. The number of hydrogen-bond acceptors (Lipinski definition) is 5. The molecule has 0 aliphatic carbocycles. The Balaban J connectivity index is 1.31. The second-order valence-corrected chi connectivity index (χ2v) is 6.70. The number of nitrogens with zero attached hydrogens (tertiary/aromatic N) is 1. The van der Waals surface area contributed by atoms with E-state index in [2.05, 4.69) is 0 Å². The van der Waals surface area contributed by atoms with Crippen molar-refractivity contribution in [2.24, 2.45) is 0 Å². The first kappa shape index (κ1) is 19.0. The number of carbonyl (C=O) groups excluding carboxylic acids is 2. The van der Waals surface area contributed by atoms with Crippen LogP contribution in [0, 0.1) is 0 Å². The van der Waals surface area contributed by atoms with Crippen molar-refractivity contribution >= 4 is 22.6 Å². The molecule has 3 aromatic rings. The van der Waals surface area contributed by atoms with Crippen molar-refractivity contribution in [3.05, 3.63) is 72.3 Å². The van der Waals surface area contributed by atoms with Crippen molar-refractivity contribution in [3.63, 3.8) is 0 Å². The molecule has 1 amide bonds. The highest BCUT2D eigenvalue weighted by atomic mass is 16.6. The molecule has 0 bridgehead atoms. The van der Waals surface area contributed by atoms with E-state index in [0.29, 0.717) is 43.4 Å². The van der Waals surface area contributed by atoms with Gasteiger partial charge in [0.2, 0.25) is 0 Å². The average molecular weight is 391 g/mol. The van der Waals surface area contributed by atoms with Crippen LogP contribution >= 0.6 is 0 Å². The first-order valence-corrected chi connectivity index (χ1v) is 9.48. The largest absolute Gasteiger partial charge is 0.482 e. The summed E-state index contributed by atoms with van der Waals surface area (Å²) in [6.07, 6.45) is 0. The molecule has 0 atom stereocenters. The summed E-state index contributed by atoms with van der Waals surface area (Å²) in [6.45, 7) is 2.09. The predicted octanol–water partition coefficient (Wildman–Crippen LogP) is 3.30. The predicted molar refractivity (Wildman–Crippen MR) is 108 cm³/mol. The van der Waals surface area contributed by atoms with Gasteiger partial charge in [-0.15, -0.1) is 0 Å². The molecule has 1 aliphatic rings. The monoisotopic (exact) mass is 391 g/mol. The van der Waals surface area contributed by atoms with E-state index in [4.69, 9.17) is 14.2 Å². The third-order valence-corrected chi connectivity index (χ3v) is 4.71. The zero-order chi connectivity index (χ0) is 20.1. The number of esters is 1. The number of amides is 1. The van der Waals surface area contributed by atoms with Gasteiger partial charge in [-0.25, -0.2) is 4.79 Å². The van der Waals surface area contributed by atoms with E-state index in [1.54, 1.807) is 35.2 Å². The number of carbonyl (C=O) groups is 2. The summed E-state index contributed by atoms with van der Waals surface area (Å²) >= 11 is 0. The van der Waals surface area contributed by atoms with Crippen LogP contribution in [0.4, 0.5) is 0 Å². The van der Waals surface area contributed by atoms with Gasteiger partial charge in [0.05, 0.1) is 13.2 Å². The van der Waals surface area contributed by atoms with Gasteiger partial charge in [-0.1, -0.05) is 30.3 Å². The van der Waals surface area contributed by atoms with Crippen molar-refractivity contribution < 1.29 is 23.8 Å². The summed E-state index contributed by atoms with van der Waals surface area (Å²) in [5, 5.41) is 2.08. The van der Waals surface area contributed by atoms with Crippen LogP contribution in [0.5, 0.6) is 11.5 Å². The van der Waals surface area contributed by atoms with Crippen LogP contribution in [0.15, 0.2) is 66.7 Å². The molecule has 0 radical (unpaired) electrons. The zero-order valence-electron chi connectivity index (χ0n) is 15.9. The number of ether oxygens (including phenoxy) is 3. The highest BCUT2D eigenvalue weighted by molar-refractivity contribution is 5.94. The van der Waals surface area contributed by atoms with Crippen LogP contribution in [-0.2, 0) is 9.53 Å². The van der Waals surface area contributed by atoms with Crippen molar-refractivity contribution in [2.45, 2.75) is 0 Å². The molecular weight excluding hydrogens is 370 g/mol. The number of rotatable bonds is 5. The lowest BCUT2D eigenvalue weighted by atomic mass is 10.1. The summed E-state index contributed by atoms with van der Waals surface area (Å²) in [6, 6.07) is 20.1. The molecule has 1 saturated heterocycles. The fourth-order valence-corrected chi connectivity index (χ4v) is 3.18. The first-order valence-electron chi connectivity index (χ1n) is 9.48. The minimum Gasteiger partial charge on any atom is -0.482 e. The molecule has 0 spiro atoms. The Bertz CT molecular complexity index is 1010. The maximum atomic E-state index is 12.4. The lowest BCUT2D eigenvalue weighted by Crippen LogP contribution is -2.40. The minimum absolute atomic E-state index is 0.0319. The SMILES string of the molecule is O=C(COc1ccc(C(=O)N2CCOCC2)cc1)Oc1ccc2ccccc2c1. The number of morpholine rings is 1. The van der Waals surface area contributed by atoms with Gasteiger partial charge in [0.1, 0.15) is 11.5 Å². The minimum atomic E-state index is -0.492. The number of fused-ring (bicyclic) bond motifs is 1. The van der Waals surface area contributed by atoms with Gasteiger partial charge < -0.3 is 19.1 Å². The van der Waals surface area contributed by atoms with Crippen molar-refractivity contribution in [1.82, 2.24) is 4.90 Å². The van der Waals surface area contributed by atoms with Gasteiger partial charge in [0, 0.05) is 18.7 Å². The third-order valence-electron chi connectivity index (χ3n) is 4.71. The molecule has 0 aromatic heterocycles. The normalized spacial score (nSPS) is 13.9. The smallest absolute Gasteiger partial charge is 0.349 e. The van der Waals surface area contributed by atoms with E-state index in [0.717, 1.165) is 10.8 Å². The third kappa shape index (κ3) is 4.73. The standard InChI is InChI=1S/C23H21NO5/c25-22(29-21-10-5-17-3-1-2-4-19(17)15-21)16-28-20-8-6-18(7-9-20)23(26)24-11-13-27-14-12-24/h1-10,15H,11-14,16H2. The molecule has 6 nitrogen and oxygen atoms in total. The summed E-state index contributed by atoms with van der Waals surface area (Å²) in [5.74, 6) is 0.451. The summed E-state index contributed by atoms with van der Waals surface area (Å²) in [4.78, 5) is 26.3. The lowest BCUT2D eigenvalue weighted by molar-refractivity contribution is -0.136. The molecule has 1 heterocycles. The lowest BCUT2D eigenvalue weighted by Gasteiger charge is -2.26. The Morgan fingerprint density at radius 2 is 1.55 bits per heavy atom. The Hall–Kier alpha value is -3.38. The Kier molecular flexibility index (Phi) is 5.72. The van der Waals surface area contributed by atoms with E-state index < -0.39 is 5.97 Å². The van der Waals surface area contributed by atoms with Gasteiger partial charge in [-0.05, 0) is 47.2 Å². The molecule has 6 heteroatoms. The van der Waals surface area contributed by atoms with Crippen LogP contribution in [-0.4, -0.2) is 49.7 Å². The molecule has 0 saturated carbocycles. The van der Waals surface area contributed by atoms with Crippen LogP contribution in [0.1, 0.15) is 10.4 Å². The molecule has 29 heavy (non-hydrogen) atoms. The molecule has 0 N–H and O–H groups in total. The van der Waals surface area contributed by atoms with Crippen molar-refractivity contribution in [2.75, 3.05) is 32.9 Å². The van der Waals surface area contributed by atoms with Gasteiger partial charge in [0.25, 0.3) is 5.91 Å². The topological polar surface area (TPSA) is 65.1 Å². The van der Waals surface area contributed by atoms with E-state index in [1.165, 1.54) is 0 Å². The maximum Gasteiger partial charge on any atom is 0.349 e. The van der Waals surface area contributed by atoms with E-state index >= 15 is 0 Å². The van der Waals surface area contributed by atoms with Crippen molar-refractivity contribution in [3.8, 4) is 11.5 Å². The van der Waals surface area contributed by atoms with Gasteiger partial charge in [-0.3, -0.25) is 4.79 Å². The molecule has 0 unspecified atom stereocenters. The zero-order valence-corrected chi connectivity index (χ0v) is 15.9. The molecule has 3 aromatic carbocycles. The van der Waals surface area contributed by atoms with E-state index in [9.17, 15) is 9.59 Å².